The molecule has 0 saturated heterocycles. The van der Waals surface area contributed by atoms with Crippen molar-refractivity contribution in [2.75, 3.05) is 6.54 Å². The van der Waals surface area contributed by atoms with E-state index in [1.54, 1.807) is 25.5 Å². The molecule has 0 aliphatic rings. The summed E-state index contributed by atoms with van der Waals surface area (Å²) in [6.45, 7) is 5.75. The van der Waals surface area contributed by atoms with Gasteiger partial charge in [0.05, 0.1) is 5.92 Å². The van der Waals surface area contributed by atoms with Gasteiger partial charge in [-0.1, -0.05) is 6.92 Å². The molecular weight excluding hydrogens is 264 g/mol. The maximum Gasteiger partial charge on any atom is 0.422 e. The van der Waals surface area contributed by atoms with Gasteiger partial charge in [0.2, 0.25) is 0 Å². The second-order valence-corrected chi connectivity index (χ2v) is 6.19. The molecule has 0 fully saturated rings. The summed E-state index contributed by atoms with van der Waals surface area (Å²) in [6.07, 6.45) is -1.13. The Morgan fingerprint density at radius 3 is 2.22 bits per heavy atom. The molecule has 18 heavy (non-hydrogen) atoms. The summed E-state index contributed by atoms with van der Waals surface area (Å²) in [5.41, 5.74) is -0.825. The minimum atomic E-state index is -4.12. The Hall–Kier alpha value is -1.35. The zero-order valence-electron chi connectivity index (χ0n) is 10.7. The van der Waals surface area contributed by atoms with Crippen LogP contribution >= 0.6 is 0 Å². The summed E-state index contributed by atoms with van der Waals surface area (Å²) in [5.74, 6) is -2.05. The first-order chi connectivity index (χ1) is 7.93. The van der Waals surface area contributed by atoms with E-state index >= 15 is 0 Å². The van der Waals surface area contributed by atoms with E-state index in [1.165, 1.54) is 6.92 Å². The molecule has 0 rings (SSSR count). The smallest absolute Gasteiger partial charge is 0.422 e. The van der Waals surface area contributed by atoms with Crippen LogP contribution in [-0.4, -0.2) is 37.7 Å². The van der Waals surface area contributed by atoms with Crippen molar-refractivity contribution in [3.8, 4) is 0 Å². The highest BCUT2D eigenvalue weighted by Gasteiger charge is 2.22. The van der Waals surface area contributed by atoms with Gasteiger partial charge in [-0.3, -0.25) is 4.79 Å². The van der Waals surface area contributed by atoms with Gasteiger partial charge in [0.1, 0.15) is 5.60 Å². The van der Waals surface area contributed by atoms with Crippen LogP contribution < -0.4 is 9.44 Å². The Morgan fingerprint density at radius 1 is 1.33 bits per heavy atom. The molecule has 0 aliphatic carbocycles. The molecule has 106 valence electrons. The quantitative estimate of drug-likeness (QED) is 0.655. The van der Waals surface area contributed by atoms with E-state index in [2.05, 4.69) is 0 Å². The summed E-state index contributed by atoms with van der Waals surface area (Å²) < 4.78 is 31.0. The summed E-state index contributed by atoms with van der Waals surface area (Å²) in [7, 11) is -4.12. The van der Waals surface area contributed by atoms with Crippen LogP contribution in [0.5, 0.6) is 0 Å². The van der Waals surface area contributed by atoms with Crippen molar-refractivity contribution in [2.24, 2.45) is 5.92 Å². The molecule has 0 aliphatic heterocycles. The van der Waals surface area contributed by atoms with E-state index in [0.29, 0.717) is 0 Å². The maximum atomic E-state index is 11.3. The zero-order chi connectivity index (χ0) is 14.6. The topological polar surface area (TPSA) is 122 Å². The highest BCUT2D eigenvalue weighted by molar-refractivity contribution is 7.88. The van der Waals surface area contributed by atoms with Gasteiger partial charge in [0.25, 0.3) is 0 Å². The van der Waals surface area contributed by atoms with Crippen molar-refractivity contribution in [3.63, 3.8) is 0 Å². The van der Waals surface area contributed by atoms with Gasteiger partial charge in [0.15, 0.2) is 0 Å². The molecule has 0 aromatic heterocycles. The molecule has 1 amide bonds. The first kappa shape index (κ1) is 16.6. The average Bonchev–Trinajstić information content (AvgIpc) is 2.09. The highest BCUT2D eigenvalue weighted by atomic mass is 32.2. The van der Waals surface area contributed by atoms with Crippen LogP contribution in [0, 0.1) is 5.92 Å². The molecule has 0 spiro atoms. The molecule has 0 saturated carbocycles. The summed E-state index contributed by atoms with van der Waals surface area (Å²) in [4.78, 5) is 21.7. The molecule has 0 radical (unpaired) electrons. The number of hydrogen-bond donors (Lipinski definition) is 3. The molecular formula is C9H18N2O6S. The summed E-state index contributed by atoms with van der Waals surface area (Å²) in [6, 6.07) is 0. The van der Waals surface area contributed by atoms with Gasteiger partial charge in [-0.15, -0.1) is 0 Å². The number of carboxylic acid groups (broad SMARTS) is 1. The molecule has 3 N–H and O–H groups in total. The van der Waals surface area contributed by atoms with Crippen molar-refractivity contribution < 1.29 is 27.9 Å². The standard InChI is InChI=1S/C9H18N2O6S/c1-6(7(12)13)5-10-18(15,16)11-8(14)17-9(2,3)4/h6,10H,5H2,1-4H3,(H,11,14)(H,12,13)/t6-/m0/s1. The van der Waals surface area contributed by atoms with Gasteiger partial charge in [-0.25, -0.2) is 9.52 Å². The SMILES string of the molecule is C[C@@H](CNS(=O)(=O)NC(=O)OC(C)(C)C)C(=O)O. The zero-order valence-corrected chi connectivity index (χ0v) is 11.5. The second kappa shape index (κ2) is 6.01. The van der Waals surface area contributed by atoms with Crippen LogP contribution in [0.25, 0.3) is 0 Å². The predicted octanol–water partition coefficient (Wildman–Crippen LogP) is 0.0662. The van der Waals surface area contributed by atoms with Crippen LogP contribution in [0.4, 0.5) is 4.79 Å². The van der Waals surface area contributed by atoms with E-state index in [9.17, 15) is 18.0 Å². The molecule has 8 nitrogen and oxygen atoms in total. The van der Waals surface area contributed by atoms with Crippen LogP contribution in [0.15, 0.2) is 0 Å². The number of carboxylic acids is 1. The molecule has 1 atom stereocenters. The van der Waals surface area contributed by atoms with Gasteiger partial charge < -0.3 is 9.84 Å². The minimum Gasteiger partial charge on any atom is -0.481 e. The third-order valence-corrected chi connectivity index (χ3v) is 2.60. The highest BCUT2D eigenvalue weighted by Crippen LogP contribution is 2.06. The fraction of sp³-hybridized carbons (Fsp3) is 0.778. The van der Waals surface area contributed by atoms with E-state index in [1.807, 2.05) is 4.72 Å². The first-order valence-corrected chi connectivity index (χ1v) is 6.64. The molecule has 0 unspecified atom stereocenters. The lowest BCUT2D eigenvalue weighted by atomic mass is 10.2. The monoisotopic (exact) mass is 282 g/mol. The van der Waals surface area contributed by atoms with Gasteiger partial charge in [-0.05, 0) is 20.8 Å². The Morgan fingerprint density at radius 2 is 1.83 bits per heavy atom. The van der Waals surface area contributed by atoms with Crippen LogP contribution in [-0.2, 0) is 19.7 Å². The van der Waals surface area contributed by atoms with E-state index in [4.69, 9.17) is 9.84 Å². The Kier molecular flexibility index (Phi) is 5.55. The number of ether oxygens (including phenoxy) is 1. The first-order valence-electron chi connectivity index (χ1n) is 5.16. The summed E-state index contributed by atoms with van der Waals surface area (Å²) in [5, 5.41) is 8.57. The Balaban J connectivity index is 4.33. The van der Waals surface area contributed by atoms with Crippen LogP contribution in [0.3, 0.4) is 0 Å². The van der Waals surface area contributed by atoms with E-state index in [-0.39, 0.29) is 6.54 Å². The lowest BCUT2D eigenvalue weighted by Crippen LogP contribution is -2.44. The number of nitrogens with one attached hydrogen (secondary N) is 2. The lowest BCUT2D eigenvalue weighted by molar-refractivity contribution is -0.140. The second-order valence-electron chi connectivity index (χ2n) is 4.70. The number of amides is 1. The normalized spacial score (nSPS) is 13.8. The molecule has 0 heterocycles. The molecule has 0 bridgehead atoms. The largest absolute Gasteiger partial charge is 0.481 e. The van der Waals surface area contributed by atoms with Gasteiger partial charge >= 0.3 is 22.3 Å². The number of aliphatic carboxylic acids is 1. The molecule has 9 heteroatoms. The summed E-state index contributed by atoms with van der Waals surface area (Å²) >= 11 is 0. The molecule has 0 aromatic carbocycles. The van der Waals surface area contributed by atoms with Gasteiger partial charge in [-0.2, -0.15) is 13.1 Å². The fourth-order valence-electron chi connectivity index (χ4n) is 0.767. The van der Waals surface area contributed by atoms with Crippen molar-refractivity contribution in [3.05, 3.63) is 0 Å². The fourth-order valence-corrected chi connectivity index (χ4v) is 1.57. The Labute approximate surface area is 106 Å². The lowest BCUT2D eigenvalue weighted by Gasteiger charge is -2.19. The van der Waals surface area contributed by atoms with Crippen molar-refractivity contribution in [2.45, 2.75) is 33.3 Å². The van der Waals surface area contributed by atoms with Crippen molar-refractivity contribution in [1.29, 1.82) is 0 Å². The molecule has 0 aromatic rings. The van der Waals surface area contributed by atoms with Crippen LogP contribution in [0.2, 0.25) is 0 Å². The Bertz CT molecular complexity index is 411. The van der Waals surface area contributed by atoms with Crippen LogP contribution in [0.1, 0.15) is 27.7 Å². The number of hydrogen-bond acceptors (Lipinski definition) is 5. The third-order valence-electron chi connectivity index (χ3n) is 1.62. The average molecular weight is 282 g/mol. The van der Waals surface area contributed by atoms with Crippen molar-refractivity contribution in [1.82, 2.24) is 9.44 Å². The number of carbonyl (C=O) groups excluding carboxylic acids is 1. The maximum absolute atomic E-state index is 11.3. The van der Waals surface area contributed by atoms with E-state index in [0.717, 1.165) is 0 Å². The number of carbonyl (C=O) groups is 2. The van der Waals surface area contributed by atoms with Crippen molar-refractivity contribution >= 4 is 22.3 Å². The predicted molar refractivity (Wildman–Crippen MR) is 63.1 cm³/mol. The van der Waals surface area contributed by atoms with Gasteiger partial charge in [0, 0.05) is 6.54 Å². The van der Waals surface area contributed by atoms with E-state index < -0.39 is 33.8 Å². The third kappa shape index (κ3) is 7.85. The number of rotatable bonds is 5. The minimum absolute atomic E-state index is 0.326.